The predicted molar refractivity (Wildman–Crippen MR) is 100 cm³/mol. The third-order valence-electron chi connectivity index (χ3n) is 3.69. The van der Waals surface area contributed by atoms with Crippen molar-refractivity contribution in [2.24, 2.45) is 0 Å². The minimum atomic E-state index is -3.76. The first-order chi connectivity index (χ1) is 12.3. The Hall–Kier alpha value is -2.65. The fraction of sp³-hybridized carbons (Fsp3) is 0.176. The Morgan fingerprint density at radius 3 is 2.65 bits per heavy atom. The number of aromatic nitrogens is 1. The highest BCUT2D eigenvalue weighted by Gasteiger charge is 2.24. The van der Waals surface area contributed by atoms with E-state index < -0.39 is 15.9 Å². The number of benzene rings is 1. The number of anilines is 2. The van der Waals surface area contributed by atoms with Crippen molar-refractivity contribution in [3.8, 4) is 0 Å². The molecule has 1 aromatic carbocycles. The zero-order chi connectivity index (χ0) is 18.9. The third kappa shape index (κ3) is 3.63. The highest BCUT2D eigenvalue weighted by Crippen LogP contribution is 2.26. The third-order valence-corrected chi connectivity index (χ3v) is 6.53. The van der Waals surface area contributed by atoms with Crippen molar-refractivity contribution in [1.82, 2.24) is 5.16 Å². The lowest BCUT2D eigenvalue weighted by atomic mass is 10.2. The molecule has 0 aliphatic heterocycles. The van der Waals surface area contributed by atoms with E-state index in [9.17, 15) is 13.2 Å². The van der Waals surface area contributed by atoms with Gasteiger partial charge in [0.2, 0.25) is 0 Å². The molecule has 2 aromatic heterocycles. The monoisotopic (exact) mass is 391 g/mol. The average Bonchev–Trinajstić information content (AvgIpc) is 3.23. The molecule has 0 radical (unpaired) electrons. The summed E-state index contributed by atoms with van der Waals surface area (Å²) < 4.78 is 31.7. The molecule has 7 nitrogen and oxygen atoms in total. The predicted octanol–water partition coefficient (Wildman–Crippen LogP) is 3.43. The molecule has 1 amide bonds. The van der Waals surface area contributed by atoms with E-state index in [1.165, 1.54) is 22.8 Å². The smallest absolute Gasteiger partial charge is 0.267 e. The highest BCUT2D eigenvalue weighted by molar-refractivity contribution is 7.93. The molecule has 136 valence electrons. The van der Waals surface area contributed by atoms with Crippen molar-refractivity contribution in [3.63, 3.8) is 0 Å². The summed E-state index contributed by atoms with van der Waals surface area (Å²) in [6.07, 6.45) is 0. The van der Waals surface area contributed by atoms with Crippen molar-refractivity contribution in [1.29, 1.82) is 0 Å². The van der Waals surface area contributed by atoms with Gasteiger partial charge in [-0.2, -0.15) is 0 Å². The number of rotatable bonds is 5. The van der Waals surface area contributed by atoms with Gasteiger partial charge in [0, 0.05) is 18.5 Å². The van der Waals surface area contributed by atoms with E-state index in [1.807, 2.05) is 13.0 Å². The van der Waals surface area contributed by atoms with Crippen LogP contribution in [0.1, 0.15) is 21.0 Å². The number of nitrogens with one attached hydrogen (secondary N) is 1. The fourth-order valence-electron chi connectivity index (χ4n) is 2.30. The first-order valence-corrected chi connectivity index (χ1v) is 9.98. The fourth-order valence-corrected chi connectivity index (χ4v) is 4.64. The van der Waals surface area contributed by atoms with E-state index in [2.05, 4.69) is 10.5 Å². The number of hydrogen-bond acceptors (Lipinski definition) is 6. The molecule has 3 rings (SSSR count). The van der Waals surface area contributed by atoms with E-state index >= 15 is 0 Å². The molecule has 0 bridgehead atoms. The van der Waals surface area contributed by atoms with Crippen LogP contribution >= 0.6 is 11.3 Å². The largest absolute Gasteiger partial charge is 0.360 e. The Balaban J connectivity index is 1.82. The normalized spacial score (nSPS) is 11.3. The zero-order valence-electron chi connectivity index (χ0n) is 14.4. The molecular formula is C17H17N3O4S2. The van der Waals surface area contributed by atoms with Gasteiger partial charge in [-0.15, -0.1) is 11.3 Å². The lowest BCUT2D eigenvalue weighted by Crippen LogP contribution is -2.26. The van der Waals surface area contributed by atoms with Crippen LogP contribution in [0.3, 0.4) is 0 Å². The molecule has 0 spiro atoms. The summed E-state index contributed by atoms with van der Waals surface area (Å²) in [5.41, 5.74) is 1.51. The highest BCUT2D eigenvalue weighted by atomic mass is 32.2. The molecule has 0 saturated heterocycles. The Labute approximate surface area is 155 Å². The Bertz CT molecular complexity index is 1050. The SMILES string of the molecule is Cc1cccc(N(C)S(=O)(=O)c2csc(C(=O)Nc3cc(C)on3)c2)c1. The quantitative estimate of drug-likeness (QED) is 0.719. The number of aryl methyl sites for hydroxylation is 2. The van der Waals surface area contributed by atoms with Gasteiger partial charge in [0.15, 0.2) is 5.82 Å². The van der Waals surface area contributed by atoms with Crippen molar-refractivity contribution in [3.05, 3.63) is 58.0 Å². The molecule has 2 heterocycles. The van der Waals surface area contributed by atoms with Gasteiger partial charge in [0.1, 0.15) is 5.76 Å². The summed E-state index contributed by atoms with van der Waals surface area (Å²) in [7, 11) is -2.27. The summed E-state index contributed by atoms with van der Waals surface area (Å²) in [5, 5.41) is 7.70. The second-order valence-corrected chi connectivity index (χ2v) is 8.62. The summed E-state index contributed by atoms with van der Waals surface area (Å²) in [6, 6.07) is 10.1. The van der Waals surface area contributed by atoms with Crippen LogP contribution in [0.25, 0.3) is 0 Å². The van der Waals surface area contributed by atoms with E-state index in [0.29, 0.717) is 11.4 Å². The van der Waals surface area contributed by atoms with Gasteiger partial charge < -0.3 is 9.84 Å². The molecule has 0 aliphatic carbocycles. The van der Waals surface area contributed by atoms with E-state index in [-0.39, 0.29) is 15.6 Å². The van der Waals surface area contributed by atoms with Gasteiger partial charge >= 0.3 is 0 Å². The maximum Gasteiger partial charge on any atom is 0.267 e. The molecule has 0 aliphatic rings. The van der Waals surface area contributed by atoms with E-state index in [0.717, 1.165) is 16.9 Å². The number of amides is 1. The molecule has 3 aromatic rings. The molecule has 0 atom stereocenters. The van der Waals surface area contributed by atoms with Crippen LogP contribution in [0.15, 0.2) is 51.2 Å². The second-order valence-electron chi connectivity index (χ2n) is 5.74. The van der Waals surface area contributed by atoms with E-state index in [4.69, 9.17) is 4.52 Å². The molecule has 0 unspecified atom stereocenters. The van der Waals surface area contributed by atoms with Crippen molar-refractivity contribution in [2.75, 3.05) is 16.7 Å². The van der Waals surface area contributed by atoms with Crippen LogP contribution in [-0.4, -0.2) is 26.5 Å². The summed E-state index contributed by atoms with van der Waals surface area (Å²) in [4.78, 5) is 12.6. The molecule has 9 heteroatoms. The summed E-state index contributed by atoms with van der Waals surface area (Å²) >= 11 is 1.05. The molecule has 26 heavy (non-hydrogen) atoms. The summed E-state index contributed by atoms with van der Waals surface area (Å²) in [5.74, 6) is 0.402. The first kappa shape index (κ1) is 18.2. The standard InChI is InChI=1S/C17H17N3O4S2/c1-11-5-4-6-13(7-11)20(3)26(22,23)14-9-15(25-10-14)17(21)18-16-8-12(2)24-19-16/h4-10H,1-3H3,(H,18,19,21). The van der Waals surface area contributed by atoms with Gasteiger partial charge in [-0.25, -0.2) is 8.42 Å². The number of nitrogens with zero attached hydrogens (tertiary/aromatic N) is 2. The van der Waals surface area contributed by atoms with Crippen molar-refractivity contribution in [2.45, 2.75) is 18.7 Å². The number of sulfonamides is 1. The van der Waals surface area contributed by atoms with Gasteiger partial charge in [-0.3, -0.25) is 9.10 Å². The van der Waals surface area contributed by atoms with Crippen LogP contribution < -0.4 is 9.62 Å². The van der Waals surface area contributed by atoms with Crippen LogP contribution in [0.2, 0.25) is 0 Å². The van der Waals surface area contributed by atoms with Gasteiger partial charge in [-0.05, 0) is 37.6 Å². The average molecular weight is 391 g/mol. The molecule has 1 N–H and O–H groups in total. The van der Waals surface area contributed by atoms with Crippen LogP contribution in [-0.2, 0) is 10.0 Å². The molecule has 0 saturated carbocycles. The van der Waals surface area contributed by atoms with Crippen LogP contribution in [0.4, 0.5) is 11.5 Å². The van der Waals surface area contributed by atoms with Crippen LogP contribution in [0.5, 0.6) is 0 Å². The maximum atomic E-state index is 12.8. The Morgan fingerprint density at radius 2 is 2.00 bits per heavy atom. The Kier molecular flexibility index (Phi) is 4.84. The number of carbonyl (C=O) groups is 1. The molecular weight excluding hydrogens is 374 g/mol. The van der Waals surface area contributed by atoms with Crippen LogP contribution in [0, 0.1) is 13.8 Å². The number of hydrogen-bond donors (Lipinski definition) is 1. The lowest BCUT2D eigenvalue weighted by Gasteiger charge is -2.19. The zero-order valence-corrected chi connectivity index (χ0v) is 16.0. The minimum absolute atomic E-state index is 0.0630. The molecule has 0 fully saturated rings. The number of thiophene rings is 1. The first-order valence-electron chi connectivity index (χ1n) is 7.66. The van der Waals surface area contributed by atoms with Gasteiger partial charge in [0.25, 0.3) is 15.9 Å². The minimum Gasteiger partial charge on any atom is -0.360 e. The van der Waals surface area contributed by atoms with Crippen molar-refractivity contribution < 1.29 is 17.7 Å². The lowest BCUT2D eigenvalue weighted by molar-refractivity contribution is 0.102. The topological polar surface area (TPSA) is 92.5 Å². The van der Waals surface area contributed by atoms with Gasteiger partial charge in [-0.1, -0.05) is 17.3 Å². The number of carbonyl (C=O) groups excluding carboxylic acids is 1. The second kappa shape index (κ2) is 6.93. The maximum absolute atomic E-state index is 12.8. The summed E-state index contributed by atoms with van der Waals surface area (Å²) in [6.45, 7) is 3.60. The van der Waals surface area contributed by atoms with E-state index in [1.54, 1.807) is 31.2 Å². The van der Waals surface area contributed by atoms with Gasteiger partial charge in [0.05, 0.1) is 15.5 Å². The Morgan fingerprint density at radius 1 is 1.23 bits per heavy atom. The van der Waals surface area contributed by atoms with Crippen molar-refractivity contribution >= 4 is 38.8 Å².